The minimum atomic E-state index is -0.814. The summed E-state index contributed by atoms with van der Waals surface area (Å²) in [4.78, 5) is 9.57. The Morgan fingerprint density at radius 2 is 2.02 bits per heavy atom. The minimum absolute atomic E-state index is 0.175. The number of piperazine rings is 1. The number of aromatic nitrogens is 3. The molecule has 0 aliphatic carbocycles. The van der Waals surface area contributed by atoms with Gasteiger partial charge >= 0.3 is 6.01 Å². The number of hydrogen-bond acceptors (Lipinski definition) is 7. The van der Waals surface area contributed by atoms with Gasteiger partial charge in [0.1, 0.15) is 24.0 Å². The first-order valence-corrected chi connectivity index (χ1v) is 14.6. The van der Waals surface area contributed by atoms with Gasteiger partial charge in [-0.15, -0.1) is 11.5 Å². The van der Waals surface area contributed by atoms with Crippen LogP contribution in [0.5, 0.6) is 11.8 Å². The zero-order valence-corrected chi connectivity index (χ0v) is 22.9. The SMILES string of the molecule is C#Cc1cccc2cc(O)cc(-c3cc4c(N5CC6CCC(C5)N6)nc(OC[C@@]56CCCN5C[C@H](F)C6)nn4c3)c12. The second kappa shape index (κ2) is 9.33. The van der Waals surface area contributed by atoms with E-state index in [1.165, 1.54) is 0 Å². The molecule has 8 rings (SSSR count). The quantitative estimate of drug-likeness (QED) is 0.361. The molecule has 4 aliphatic rings. The van der Waals surface area contributed by atoms with E-state index in [1.807, 2.05) is 28.9 Å². The van der Waals surface area contributed by atoms with Crippen molar-refractivity contribution in [1.82, 2.24) is 24.8 Å². The molecule has 41 heavy (non-hydrogen) atoms. The first-order chi connectivity index (χ1) is 20.0. The third-order valence-corrected chi connectivity index (χ3v) is 9.60. The monoisotopic (exact) mass is 552 g/mol. The van der Waals surface area contributed by atoms with E-state index in [4.69, 9.17) is 21.2 Å². The second-order valence-corrected chi connectivity index (χ2v) is 12.2. The molecule has 2 unspecified atom stereocenters. The molecule has 2 aromatic carbocycles. The molecule has 4 aromatic rings. The topological polar surface area (TPSA) is 78.2 Å². The van der Waals surface area contributed by atoms with Crippen LogP contribution in [-0.4, -0.2) is 81.2 Å². The lowest BCUT2D eigenvalue weighted by molar-refractivity contribution is 0.106. The number of phenolic OH excluding ortho intramolecular Hbond substituents is 1. The van der Waals surface area contributed by atoms with Gasteiger partial charge in [0.05, 0.1) is 5.54 Å². The number of ether oxygens (including phenoxy) is 1. The average molecular weight is 553 g/mol. The highest BCUT2D eigenvalue weighted by atomic mass is 19.1. The molecular weight excluding hydrogens is 519 g/mol. The number of rotatable bonds is 5. The molecule has 4 saturated heterocycles. The van der Waals surface area contributed by atoms with Crippen LogP contribution < -0.4 is 15.0 Å². The average Bonchev–Trinajstić information content (AvgIpc) is 3.72. The molecule has 4 fully saturated rings. The number of nitrogens with one attached hydrogen (secondary N) is 1. The highest BCUT2D eigenvalue weighted by Gasteiger charge is 2.49. The van der Waals surface area contributed by atoms with E-state index in [2.05, 4.69) is 27.1 Å². The molecule has 0 amide bonds. The van der Waals surface area contributed by atoms with Gasteiger partial charge in [-0.1, -0.05) is 18.1 Å². The Balaban J connectivity index is 1.23. The van der Waals surface area contributed by atoms with Gasteiger partial charge < -0.3 is 20.1 Å². The molecule has 2 bridgehead atoms. The van der Waals surface area contributed by atoms with Crippen LogP contribution in [0.1, 0.15) is 37.7 Å². The summed E-state index contributed by atoms with van der Waals surface area (Å²) in [5, 5.41) is 20.9. The van der Waals surface area contributed by atoms with E-state index in [0.29, 0.717) is 37.7 Å². The summed E-state index contributed by atoms with van der Waals surface area (Å²) in [5.74, 6) is 3.81. The van der Waals surface area contributed by atoms with E-state index in [9.17, 15) is 9.50 Å². The van der Waals surface area contributed by atoms with Crippen LogP contribution in [0.15, 0.2) is 42.6 Å². The van der Waals surface area contributed by atoms with E-state index in [0.717, 1.165) is 84.1 Å². The largest absolute Gasteiger partial charge is 0.508 e. The van der Waals surface area contributed by atoms with Gasteiger partial charge in [0.15, 0.2) is 5.82 Å². The minimum Gasteiger partial charge on any atom is -0.508 e. The number of fused-ring (bicyclic) bond motifs is 5. The van der Waals surface area contributed by atoms with E-state index < -0.39 is 6.17 Å². The fourth-order valence-electron chi connectivity index (χ4n) is 7.78. The second-order valence-electron chi connectivity index (χ2n) is 12.2. The van der Waals surface area contributed by atoms with Crippen LogP contribution in [0.2, 0.25) is 0 Å². The maximum Gasteiger partial charge on any atom is 0.336 e. The van der Waals surface area contributed by atoms with Crippen LogP contribution in [0, 0.1) is 12.3 Å². The normalized spacial score (nSPS) is 27.5. The summed E-state index contributed by atoms with van der Waals surface area (Å²) in [7, 11) is 0. The first-order valence-electron chi connectivity index (χ1n) is 14.6. The molecule has 0 spiro atoms. The standard InChI is InChI=1S/C32H33FN6O2/c1-2-20-5-3-6-21-11-26(40)13-27(29(20)21)22-12-28-30(37-17-24-7-8-25(18-37)34-24)35-31(36-39(28)15-22)41-19-32-9-4-10-38(32)16-23(33)14-32/h1,3,5-6,11-13,15,23-25,34,40H,4,7-10,14,16-19H2/t23-,24?,25?,32+/m1/s1. The van der Waals surface area contributed by atoms with Gasteiger partial charge in [-0.25, -0.2) is 8.91 Å². The van der Waals surface area contributed by atoms with Crippen molar-refractivity contribution in [2.75, 3.05) is 37.7 Å². The van der Waals surface area contributed by atoms with Crippen molar-refractivity contribution in [2.24, 2.45) is 0 Å². The Kier molecular flexibility index (Phi) is 5.66. The number of terminal acetylenes is 1. The number of alkyl halides is 1. The molecule has 8 nitrogen and oxygen atoms in total. The highest BCUT2D eigenvalue weighted by Crippen LogP contribution is 2.41. The van der Waals surface area contributed by atoms with Crippen LogP contribution in [-0.2, 0) is 0 Å². The molecule has 0 radical (unpaired) electrons. The van der Waals surface area contributed by atoms with Gasteiger partial charge in [-0.2, -0.15) is 4.98 Å². The Labute approximate surface area is 238 Å². The van der Waals surface area contributed by atoms with Crippen molar-refractivity contribution in [1.29, 1.82) is 0 Å². The first kappa shape index (κ1) is 24.9. The molecule has 0 saturated carbocycles. The molecule has 2 aromatic heterocycles. The van der Waals surface area contributed by atoms with Crippen molar-refractivity contribution in [2.45, 2.75) is 55.9 Å². The maximum absolute atomic E-state index is 14.4. The number of nitrogens with zero attached hydrogens (tertiary/aromatic N) is 5. The van der Waals surface area contributed by atoms with E-state index >= 15 is 0 Å². The Hall–Kier alpha value is -3.87. The number of hydrogen-bond donors (Lipinski definition) is 2. The van der Waals surface area contributed by atoms with Gasteiger partial charge in [-0.3, -0.25) is 4.90 Å². The van der Waals surface area contributed by atoms with E-state index in [1.54, 1.807) is 12.1 Å². The summed E-state index contributed by atoms with van der Waals surface area (Å²) in [6.07, 6.45) is 11.8. The third kappa shape index (κ3) is 4.12. The predicted octanol–water partition coefficient (Wildman–Crippen LogP) is 4.13. The zero-order valence-electron chi connectivity index (χ0n) is 22.9. The predicted molar refractivity (Wildman–Crippen MR) is 156 cm³/mol. The van der Waals surface area contributed by atoms with Crippen molar-refractivity contribution < 1.29 is 14.2 Å². The third-order valence-electron chi connectivity index (χ3n) is 9.60. The fourth-order valence-corrected chi connectivity index (χ4v) is 7.78. The van der Waals surface area contributed by atoms with Gasteiger partial charge in [0, 0.05) is 60.8 Å². The van der Waals surface area contributed by atoms with Crippen LogP contribution in [0.25, 0.3) is 27.4 Å². The number of benzene rings is 2. The molecule has 210 valence electrons. The number of aromatic hydroxyl groups is 1. The van der Waals surface area contributed by atoms with Crippen molar-refractivity contribution >= 4 is 22.1 Å². The fraction of sp³-hybridized carbons (Fsp3) is 0.438. The van der Waals surface area contributed by atoms with Crippen molar-refractivity contribution in [3.8, 4) is 35.2 Å². The lowest BCUT2D eigenvalue weighted by Gasteiger charge is -2.34. The van der Waals surface area contributed by atoms with Crippen LogP contribution >= 0.6 is 0 Å². The Bertz CT molecular complexity index is 1700. The zero-order chi connectivity index (χ0) is 27.7. The molecule has 9 heteroatoms. The molecule has 2 N–H and O–H groups in total. The number of anilines is 1. The molecular formula is C32H33FN6O2. The van der Waals surface area contributed by atoms with Crippen molar-refractivity contribution in [3.05, 3.63) is 48.2 Å². The van der Waals surface area contributed by atoms with Gasteiger partial charge in [0.2, 0.25) is 0 Å². The highest BCUT2D eigenvalue weighted by molar-refractivity contribution is 6.02. The van der Waals surface area contributed by atoms with Gasteiger partial charge in [0.25, 0.3) is 0 Å². The summed E-state index contributed by atoms with van der Waals surface area (Å²) in [5.41, 5.74) is 3.09. The van der Waals surface area contributed by atoms with Gasteiger partial charge in [-0.05, 0) is 67.4 Å². The molecule has 4 atom stereocenters. The molecule has 4 aliphatic heterocycles. The summed E-state index contributed by atoms with van der Waals surface area (Å²) in [6.45, 7) is 3.50. The van der Waals surface area contributed by atoms with Crippen LogP contribution in [0.4, 0.5) is 10.2 Å². The summed E-state index contributed by atoms with van der Waals surface area (Å²) in [6, 6.07) is 12.5. The smallest absolute Gasteiger partial charge is 0.336 e. The Morgan fingerprint density at radius 1 is 1.17 bits per heavy atom. The Morgan fingerprint density at radius 3 is 2.85 bits per heavy atom. The lowest BCUT2D eigenvalue weighted by atomic mass is 9.95. The van der Waals surface area contributed by atoms with Crippen LogP contribution in [0.3, 0.4) is 0 Å². The molecule has 6 heterocycles. The number of halogens is 1. The van der Waals surface area contributed by atoms with E-state index in [-0.39, 0.29) is 11.3 Å². The summed E-state index contributed by atoms with van der Waals surface area (Å²) < 4.78 is 22.6. The number of phenols is 1. The lowest BCUT2D eigenvalue weighted by Crippen LogP contribution is -2.51. The van der Waals surface area contributed by atoms with Crippen molar-refractivity contribution in [3.63, 3.8) is 0 Å². The maximum atomic E-state index is 14.4. The summed E-state index contributed by atoms with van der Waals surface area (Å²) >= 11 is 0.